The Morgan fingerprint density at radius 3 is 2.60 bits per heavy atom. The van der Waals surface area contributed by atoms with Gasteiger partial charge in [-0.05, 0) is 36.8 Å². The van der Waals surface area contributed by atoms with Crippen LogP contribution in [0, 0.1) is 6.92 Å². The molecule has 0 fully saturated rings. The van der Waals surface area contributed by atoms with Crippen molar-refractivity contribution in [3.8, 4) is 0 Å². The predicted molar refractivity (Wildman–Crippen MR) is 57.8 cm³/mol. The maximum absolute atomic E-state index is 11.8. The summed E-state index contributed by atoms with van der Waals surface area (Å²) in [5, 5.41) is 0. The summed E-state index contributed by atoms with van der Waals surface area (Å²) in [6, 6.07) is 7.43. The molecule has 15 heavy (non-hydrogen) atoms. The number of ketones is 1. The van der Waals surface area contributed by atoms with E-state index in [9.17, 15) is 4.79 Å². The zero-order valence-electron chi connectivity index (χ0n) is 8.53. The number of carbonyl (C=O) groups excluding carboxylic acids is 1. The Morgan fingerprint density at radius 1 is 1.27 bits per heavy atom. The van der Waals surface area contributed by atoms with Crippen LogP contribution in [-0.4, -0.2) is 15.8 Å². The molecule has 2 aromatic rings. The molecular weight excluding hydrogens is 188 g/mol. The van der Waals surface area contributed by atoms with Gasteiger partial charge in [0.1, 0.15) is 0 Å². The molecule has 0 atom stereocenters. The molecular formula is C12H12N2O. The molecule has 0 aliphatic carbocycles. The fraction of sp³-hybridized carbons (Fsp3) is 0.167. The molecule has 0 amide bonds. The molecule has 0 spiro atoms. The van der Waals surface area contributed by atoms with E-state index in [-0.39, 0.29) is 5.78 Å². The average Bonchev–Trinajstić information content (AvgIpc) is 2.66. The van der Waals surface area contributed by atoms with E-state index in [4.69, 9.17) is 0 Å². The van der Waals surface area contributed by atoms with Crippen LogP contribution in [0.4, 0.5) is 0 Å². The predicted octanol–water partition coefficient (Wildman–Crippen LogP) is 2.14. The first-order valence-corrected chi connectivity index (χ1v) is 4.83. The molecule has 3 heteroatoms. The summed E-state index contributed by atoms with van der Waals surface area (Å²) < 4.78 is 0. The van der Waals surface area contributed by atoms with Crippen molar-refractivity contribution in [1.29, 1.82) is 0 Å². The van der Waals surface area contributed by atoms with Crippen molar-refractivity contribution in [3.63, 3.8) is 0 Å². The van der Waals surface area contributed by atoms with Crippen LogP contribution in [0.5, 0.6) is 0 Å². The third kappa shape index (κ3) is 2.31. The van der Waals surface area contributed by atoms with Crippen molar-refractivity contribution in [2.24, 2.45) is 0 Å². The highest BCUT2D eigenvalue weighted by Gasteiger charge is 2.07. The normalized spacial score (nSPS) is 10.2. The Bertz CT molecular complexity index is 459. The molecule has 76 valence electrons. The van der Waals surface area contributed by atoms with E-state index in [1.165, 1.54) is 0 Å². The first kappa shape index (κ1) is 9.65. The second-order valence-corrected chi connectivity index (χ2v) is 3.51. The standard InChI is InChI=1S/C12H12N2O/c1-9-2-3-11(14-9)12(15)8-10-4-6-13-7-5-10/h2-7,14H,8H2,1H3. The maximum atomic E-state index is 11.8. The van der Waals surface area contributed by atoms with Crippen molar-refractivity contribution in [2.75, 3.05) is 0 Å². The SMILES string of the molecule is Cc1ccc(C(=O)Cc2ccncc2)[nH]1. The monoisotopic (exact) mass is 200 g/mol. The van der Waals surface area contributed by atoms with Gasteiger partial charge in [0.15, 0.2) is 5.78 Å². The largest absolute Gasteiger partial charge is 0.356 e. The van der Waals surface area contributed by atoms with Crippen LogP contribution in [0.3, 0.4) is 0 Å². The van der Waals surface area contributed by atoms with Crippen LogP contribution in [-0.2, 0) is 6.42 Å². The van der Waals surface area contributed by atoms with Gasteiger partial charge in [0.05, 0.1) is 5.69 Å². The van der Waals surface area contributed by atoms with Gasteiger partial charge in [-0.15, -0.1) is 0 Å². The molecule has 0 aliphatic heterocycles. The summed E-state index contributed by atoms with van der Waals surface area (Å²) in [6.07, 6.45) is 3.81. The molecule has 2 rings (SSSR count). The summed E-state index contributed by atoms with van der Waals surface area (Å²) in [6.45, 7) is 1.93. The topological polar surface area (TPSA) is 45.8 Å². The number of aryl methyl sites for hydroxylation is 1. The molecule has 1 N–H and O–H groups in total. The highest BCUT2D eigenvalue weighted by Crippen LogP contribution is 2.06. The first-order chi connectivity index (χ1) is 7.25. The number of Topliss-reactive ketones (excluding diaryl/α,β-unsaturated/α-hetero) is 1. The summed E-state index contributed by atoms with van der Waals surface area (Å²) in [4.78, 5) is 18.7. The van der Waals surface area contributed by atoms with Gasteiger partial charge in [-0.2, -0.15) is 0 Å². The number of hydrogen-bond acceptors (Lipinski definition) is 2. The van der Waals surface area contributed by atoms with E-state index in [2.05, 4.69) is 9.97 Å². The van der Waals surface area contributed by atoms with Crippen molar-refractivity contribution in [1.82, 2.24) is 9.97 Å². The molecule has 0 saturated heterocycles. The highest BCUT2D eigenvalue weighted by atomic mass is 16.1. The maximum Gasteiger partial charge on any atom is 0.183 e. The van der Waals surface area contributed by atoms with Crippen LogP contribution < -0.4 is 0 Å². The van der Waals surface area contributed by atoms with Crippen LogP contribution in [0.1, 0.15) is 21.7 Å². The molecule has 0 aliphatic rings. The summed E-state index contributed by atoms with van der Waals surface area (Å²) in [7, 11) is 0. The molecule has 0 bridgehead atoms. The van der Waals surface area contributed by atoms with E-state index >= 15 is 0 Å². The van der Waals surface area contributed by atoms with E-state index in [0.29, 0.717) is 12.1 Å². The van der Waals surface area contributed by atoms with Gasteiger partial charge in [-0.25, -0.2) is 0 Å². The highest BCUT2D eigenvalue weighted by molar-refractivity contribution is 5.95. The number of aromatic amines is 1. The van der Waals surface area contributed by atoms with E-state index in [1.54, 1.807) is 12.4 Å². The van der Waals surface area contributed by atoms with Crippen molar-refractivity contribution in [3.05, 3.63) is 53.6 Å². The minimum atomic E-state index is 0.106. The average molecular weight is 200 g/mol. The van der Waals surface area contributed by atoms with Gasteiger partial charge < -0.3 is 4.98 Å². The van der Waals surface area contributed by atoms with E-state index in [0.717, 1.165) is 11.3 Å². The van der Waals surface area contributed by atoms with Crippen molar-refractivity contribution >= 4 is 5.78 Å². The quantitative estimate of drug-likeness (QED) is 0.771. The van der Waals surface area contributed by atoms with Crippen LogP contribution in [0.15, 0.2) is 36.7 Å². The van der Waals surface area contributed by atoms with Gasteiger partial charge in [0, 0.05) is 24.5 Å². The van der Waals surface area contributed by atoms with Crippen molar-refractivity contribution in [2.45, 2.75) is 13.3 Å². The minimum Gasteiger partial charge on any atom is -0.356 e. The lowest BCUT2D eigenvalue weighted by atomic mass is 10.1. The fourth-order valence-electron chi connectivity index (χ4n) is 1.45. The Balaban J connectivity index is 2.11. The molecule has 2 heterocycles. The zero-order valence-corrected chi connectivity index (χ0v) is 8.53. The molecule has 0 unspecified atom stereocenters. The second-order valence-electron chi connectivity index (χ2n) is 3.51. The Labute approximate surface area is 88.2 Å². The number of nitrogens with one attached hydrogen (secondary N) is 1. The number of nitrogens with zero attached hydrogens (tertiary/aromatic N) is 1. The van der Waals surface area contributed by atoms with E-state index in [1.807, 2.05) is 31.2 Å². The Kier molecular flexibility index (Phi) is 2.63. The zero-order chi connectivity index (χ0) is 10.7. The third-order valence-electron chi connectivity index (χ3n) is 2.25. The molecule has 0 aromatic carbocycles. The lowest BCUT2D eigenvalue weighted by Crippen LogP contribution is -2.03. The summed E-state index contributed by atoms with van der Waals surface area (Å²) >= 11 is 0. The van der Waals surface area contributed by atoms with Crippen LogP contribution in [0.2, 0.25) is 0 Å². The lowest BCUT2D eigenvalue weighted by molar-refractivity contribution is 0.0988. The van der Waals surface area contributed by atoms with Gasteiger partial charge in [-0.3, -0.25) is 9.78 Å². The second kappa shape index (κ2) is 4.09. The van der Waals surface area contributed by atoms with Gasteiger partial charge in [0.25, 0.3) is 0 Å². The number of rotatable bonds is 3. The number of aromatic nitrogens is 2. The molecule has 0 radical (unpaired) electrons. The smallest absolute Gasteiger partial charge is 0.183 e. The van der Waals surface area contributed by atoms with Crippen LogP contribution >= 0.6 is 0 Å². The molecule has 2 aromatic heterocycles. The third-order valence-corrected chi connectivity index (χ3v) is 2.25. The minimum absolute atomic E-state index is 0.106. The van der Waals surface area contributed by atoms with Crippen LogP contribution in [0.25, 0.3) is 0 Å². The number of hydrogen-bond donors (Lipinski definition) is 1. The number of H-pyrrole nitrogens is 1. The Hall–Kier alpha value is -1.90. The van der Waals surface area contributed by atoms with Gasteiger partial charge in [0.2, 0.25) is 0 Å². The Morgan fingerprint density at radius 2 is 2.00 bits per heavy atom. The van der Waals surface area contributed by atoms with Gasteiger partial charge in [-0.1, -0.05) is 0 Å². The summed E-state index contributed by atoms with van der Waals surface area (Å²) in [5.41, 5.74) is 2.67. The lowest BCUT2D eigenvalue weighted by Gasteiger charge is -1.98. The summed E-state index contributed by atoms with van der Waals surface area (Å²) in [5.74, 6) is 0.106. The first-order valence-electron chi connectivity index (χ1n) is 4.83. The molecule has 3 nitrogen and oxygen atoms in total. The van der Waals surface area contributed by atoms with E-state index < -0.39 is 0 Å². The number of pyridine rings is 1. The fourth-order valence-corrected chi connectivity index (χ4v) is 1.45. The van der Waals surface area contributed by atoms with Crippen molar-refractivity contribution < 1.29 is 4.79 Å². The van der Waals surface area contributed by atoms with Gasteiger partial charge >= 0.3 is 0 Å². The molecule has 0 saturated carbocycles. The number of carbonyl (C=O) groups is 1.